The van der Waals surface area contributed by atoms with Crippen LogP contribution in [0.3, 0.4) is 0 Å². The van der Waals surface area contributed by atoms with Crippen molar-refractivity contribution in [2.45, 2.75) is 38.5 Å². The van der Waals surface area contributed by atoms with E-state index in [2.05, 4.69) is 9.78 Å². The summed E-state index contributed by atoms with van der Waals surface area (Å²) in [5.74, 6) is 0. The summed E-state index contributed by atoms with van der Waals surface area (Å²) in [4.78, 5) is 9.14. The van der Waals surface area contributed by atoms with Gasteiger partial charge in [0.05, 0.1) is 13.2 Å². The van der Waals surface area contributed by atoms with Gasteiger partial charge in [-0.25, -0.2) is 9.78 Å². The van der Waals surface area contributed by atoms with Gasteiger partial charge in [0.15, 0.2) is 0 Å². The van der Waals surface area contributed by atoms with Crippen LogP contribution in [0.4, 0.5) is 0 Å². The molecule has 3 aliphatic heterocycles. The van der Waals surface area contributed by atoms with Crippen LogP contribution in [0.15, 0.2) is 0 Å². The monoisotopic (exact) mass is 232 g/mol. The lowest BCUT2D eigenvalue weighted by Crippen LogP contribution is -2.05. The van der Waals surface area contributed by atoms with E-state index in [0.29, 0.717) is 0 Å². The maximum atomic E-state index is 4.94. The first-order valence-electron chi connectivity index (χ1n) is 6.40. The van der Waals surface area contributed by atoms with Crippen molar-refractivity contribution >= 4 is 0 Å². The van der Waals surface area contributed by atoms with Crippen molar-refractivity contribution in [3.8, 4) is 0 Å². The largest absolute Gasteiger partial charge is 0.381 e. The summed E-state index contributed by atoms with van der Waals surface area (Å²) in [7, 11) is 0. The minimum atomic E-state index is 0.778. The van der Waals surface area contributed by atoms with Gasteiger partial charge in [-0.15, -0.1) is 0 Å². The van der Waals surface area contributed by atoms with Gasteiger partial charge in [0.25, 0.3) is 0 Å². The molecule has 0 saturated carbocycles. The molecular weight excluding hydrogens is 208 g/mol. The minimum Gasteiger partial charge on any atom is -0.381 e. The maximum absolute atomic E-state index is 4.94. The zero-order valence-electron chi connectivity index (χ0n) is 10.1. The van der Waals surface area contributed by atoms with Crippen LogP contribution in [0.5, 0.6) is 0 Å². The molecule has 0 radical (unpaired) electrons. The van der Waals surface area contributed by atoms with Gasteiger partial charge in [0.2, 0.25) is 0 Å². The van der Waals surface area contributed by atoms with Crippen LogP contribution in [0.2, 0.25) is 0 Å². The standard InChI is InChI=1S/C4H8O2.2C4H8O/c1-2-4-6-5-3-1;2*1-2-4-5-3-1/h1-4H2;2*1-4H2. The smallest absolute Gasteiger partial charge is 0.0823 e. The summed E-state index contributed by atoms with van der Waals surface area (Å²) in [5.41, 5.74) is 0. The Labute approximate surface area is 98.1 Å². The lowest BCUT2D eigenvalue weighted by Gasteiger charge is -2.07. The van der Waals surface area contributed by atoms with Crippen molar-refractivity contribution in [3.05, 3.63) is 0 Å². The molecule has 3 heterocycles. The molecule has 0 aliphatic carbocycles. The van der Waals surface area contributed by atoms with Crippen molar-refractivity contribution in [3.63, 3.8) is 0 Å². The van der Waals surface area contributed by atoms with Crippen LogP contribution in [0.25, 0.3) is 0 Å². The fourth-order valence-corrected chi connectivity index (χ4v) is 1.46. The zero-order valence-corrected chi connectivity index (χ0v) is 10.1. The second-order valence-electron chi connectivity index (χ2n) is 3.99. The van der Waals surface area contributed by atoms with Crippen LogP contribution >= 0.6 is 0 Å². The Morgan fingerprint density at radius 2 is 0.688 bits per heavy atom. The number of hydrogen-bond donors (Lipinski definition) is 0. The molecule has 0 bridgehead atoms. The van der Waals surface area contributed by atoms with Crippen molar-refractivity contribution < 1.29 is 19.2 Å². The van der Waals surface area contributed by atoms with Crippen molar-refractivity contribution in [1.29, 1.82) is 0 Å². The molecule has 0 unspecified atom stereocenters. The lowest BCUT2D eigenvalue weighted by atomic mass is 10.3. The molecule has 0 N–H and O–H groups in total. The number of rotatable bonds is 0. The summed E-state index contributed by atoms with van der Waals surface area (Å²) in [6.07, 6.45) is 7.42. The highest BCUT2D eigenvalue weighted by Crippen LogP contribution is 1.99. The van der Waals surface area contributed by atoms with E-state index in [-0.39, 0.29) is 0 Å². The molecule has 16 heavy (non-hydrogen) atoms. The zero-order chi connectivity index (χ0) is 11.3. The number of ether oxygens (including phenoxy) is 2. The average Bonchev–Trinajstić information content (AvgIpc) is 3.10. The molecule has 0 amide bonds. The predicted molar refractivity (Wildman–Crippen MR) is 61.2 cm³/mol. The Morgan fingerprint density at radius 3 is 0.812 bits per heavy atom. The maximum Gasteiger partial charge on any atom is 0.0823 e. The highest BCUT2D eigenvalue weighted by atomic mass is 17.2. The van der Waals surface area contributed by atoms with Gasteiger partial charge in [-0.3, -0.25) is 0 Å². The van der Waals surface area contributed by atoms with E-state index in [1.165, 1.54) is 25.7 Å². The predicted octanol–water partition coefficient (Wildman–Crippen LogP) is 2.32. The fraction of sp³-hybridized carbons (Fsp3) is 1.00. The first kappa shape index (κ1) is 13.9. The first-order valence-corrected chi connectivity index (χ1v) is 6.40. The molecule has 3 rings (SSSR count). The highest BCUT2D eigenvalue weighted by molar-refractivity contribution is 4.44. The van der Waals surface area contributed by atoms with Gasteiger partial charge in [-0.2, -0.15) is 0 Å². The molecule has 0 atom stereocenters. The third-order valence-electron chi connectivity index (χ3n) is 2.44. The Bertz CT molecular complexity index is 92.3. The Kier molecular flexibility index (Phi) is 9.84. The van der Waals surface area contributed by atoms with E-state index in [1.54, 1.807) is 0 Å². The molecule has 4 heteroatoms. The molecule has 0 aromatic carbocycles. The van der Waals surface area contributed by atoms with E-state index in [9.17, 15) is 0 Å². The number of hydrogen-bond acceptors (Lipinski definition) is 4. The Morgan fingerprint density at radius 1 is 0.375 bits per heavy atom. The fourth-order valence-electron chi connectivity index (χ4n) is 1.46. The summed E-state index contributed by atoms with van der Waals surface area (Å²) in [6.45, 7) is 5.56. The Balaban J connectivity index is 0.000000121. The SMILES string of the molecule is C1CCOC1.C1CCOC1.C1CCOOC1. The van der Waals surface area contributed by atoms with Crippen molar-refractivity contribution in [2.24, 2.45) is 0 Å². The molecule has 4 nitrogen and oxygen atoms in total. The summed E-state index contributed by atoms with van der Waals surface area (Å²) in [5, 5.41) is 0. The van der Waals surface area contributed by atoms with Crippen LogP contribution in [-0.2, 0) is 19.2 Å². The first-order chi connectivity index (χ1) is 8.00. The highest BCUT2D eigenvalue weighted by Gasteiger charge is 1.96. The van der Waals surface area contributed by atoms with Crippen molar-refractivity contribution in [2.75, 3.05) is 39.6 Å². The molecule has 96 valence electrons. The lowest BCUT2D eigenvalue weighted by molar-refractivity contribution is -0.312. The molecule has 3 aliphatic rings. The van der Waals surface area contributed by atoms with E-state index in [0.717, 1.165) is 52.5 Å². The second kappa shape index (κ2) is 11.3. The van der Waals surface area contributed by atoms with E-state index >= 15 is 0 Å². The normalized spacial score (nSPS) is 24.0. The average molecular weight is 232 g/mol. The topological polar surface area (TPSA) is 36.9 Å². The van der Waals surface area contributed by atoms with Gasteiger partial charge in [-0.1, -0.05) is 0 Å². The van der Waals surface area contributed by atoms with Crippen LogP contribution in [0.1, 0.15) is 38.5 Å². The quantitative estimate of drug-likeness (QED) is 0.601. The molecule has 0 aromatic rings. The Hall–Kier alpha value is -0.160. The van der Waals surface area contributed by atoms with Crippen LogP contribution in [-0.4, -0.2) is 39.6 Å². The van der Waals surface area contributed by atoms with Gasteiger partial charge in [0.1, 0.15) is 0 Å². The third-order valence-corrected chi connectivity index (χ3v) is 2.44. The van der Waals surface area contributed by atoms with E-state index < -0.39 is 0 Å². The van der Waals surface area contributed by atoms with Gasteiger partial charge in [-0.05, 0) is 38.5 Å². The van der Waals surface area contributed by atoms with E-state index in [4.69, 9.17) is 9.47 Å². The summed E-state index contributed by atoms with van der Waals surface area (Å²) < 4.78 is 9.89. The van der Waals surface area contributed by atoms with Crippen molar-refractivity contribution in [1.82, 2.24) is 0 Å². The second-order valence-corrected chi connectivity index (χ2v) is 3.99. The van der Waals surface area contributed by atoms with Gasteiger partial charge in [0, 0.05) is 26.4 Å². The molecule has 3 fully saturated rings. The molecule has 0 aromatic heterocycles. The van der Waals surface area contributed by atoms with E-state index in [1.807, 2.05) is 0 Å². The molecule has 3 saturated heterocycles. The van der Waals surface area contributed by atoms with Crippen LogP contribution < -0.4 is 0 Å². The van der Waals surface area contributed by atoms with Crippen LogP contribution in [0, 0.1) is 0 Å². The molecular formula is C12H24O4. The van der Waals surface area contributed by atoms with Gasteiger partial charge < -0.3 is 9.47 Å². The third kappa shape index (κ3) is 9.09. The minimum absolute atomic E-state index is 0.778. The summed E-state index contributed by atoms with van der Waals surface area (Å²) >= 11 is 0. The summed E-state index contributed by atoms with van der Waals surface area (Å²) in [6, 6.07) is 0. The molecule has 0 spiro atoms. The van der Waals surface area contributed by atoms with Gasteiger partial charge >= 0.3 is 0 Å².